The summed E-state index contributed by atoms with van der Waals surface area (Å²) in [4.78, 5) is 30.3. The number of fused-ring (bicyclic) bond motifs is 1. The van der Waals surface area contributed by atoms with E-state index in [1.807, 2.05) is 25.3 Å². The molecule has 1 unspecified atom stereocenters. The molecular weight excluding hydrogens is 282 g/mol. The van der Waals surface area contributed by atoms with E-state index in [9.17, 15) is 9.59 Å². The fraction of sp³-hybridized carbons (Fsp3) is 0.667. The standard InChI is InChI=1S/C15H23N5O2/c1-4-8-19-13-12(18(5-2)10(3)17-13)14(21)20(15(19)22)11-6-7-16-9-11/h11,16H,4-9H2,1-3H3. The van der Waals surface area contributed by atoms with Crippen molar-refractivity contribution in [2.75, 3.05) is 13.1 Å². The number of nitrogens with zero attached hydrogens (tertiary/aromatic N) is 4. The van der Waals surface area contributed by atoms with Gasteiger partial charge < -0.3 is 9.88 Å². The average Bonchev–Trinajstić information content (AvgIpc) is 3.11. The molecule has 0 bridgehead atoms. The fourth-order valence-electron chi connectivity index (χ4n) is 3.36. The molecule has 0 aliphatic carbocycles. The van der Waals surface area contributed by atoms with Crippen LogP contribution in [0.4, 0.5) is 0 Å². The van der Waals surface area contributed by atoms with Gasteiger partial charge in [-0.25, -0.2) is 9.78 Å². The molecule has 7 nitrogen and oxygen atoms in total. The van der Waals surface area contributed by atoms with Gasteiger partial charge in [0.15, 0.2) is 11.2 Å². The summed E-state index contributed by atoms with van der Waals surface area (Å²) in [6.45, 7) is 8.66. The SMILES string of the molecule is CCCn1c(=O)n(C2CCNC2)c(=O)c2c1nc(C)n2CC. The first kappa shape index (κ1) is 15.0. The summed E-state index contributed by atoms with van der Waals surface area (Å²) in [5.74, 6) is 0.779. The predicted molar refractivity (Wildman–Crippen MR) is 85.5 cm³/mol. The molecule has 1 aliphatic rings. The van der Waals surface area contributed by atoms with Crippen molar-refractivity contribution in [3.63, 3.8) is 0 Å². The maximum atomic E-state index is 12.9. The fourth-order valence-corrected chi connectivity index (χ4v) is 3.36. The van der Waals surface area contributed by atoms with Crippen molar-refractivity contribution in [1.29, 1.82) is 0 Å². The number of rotatable bonds is 4. The first-order valence-corrected chi connectivity index (χ1v) is 8.03. The second-order valence-corrected chi connectivity index (χ2v) is 5.83. The Balaban J connectivity index is 2.40. The number of aromatic nitrogens is 4. The number of aryl methyl sites for hydroxylation is 3. The lowest BCUT2D eigenvalue weighted by Gasteiger charge is -2.15. The molecule has 0 saturated carbocycles. The van der Waals surface area contributed by atoms with E-state index in [0.717, 1.165) is 25.2 Å². The maximum Gasteiger partial charge on any atom is 0.333 e. The second kappa shape index (κ2) is 5.72. The normalized spacial score (nSPS) is 18.4. The van der Waals surface area contributed by atoms with Gasteiger partial charge in [0.25, 0.3) is 5.56 Å². The van der Waals surface area contributed by atoms with E-state index < -0.39 is 0 Å². The number of nitrogens with one attached hydrogen (secondary N) is 1. The highest BCUT2D eigenvalue weighted by molar-refractivity contribution is 5.71. The molecule has 0 amide bonds. The van der Waals surface area contributed by atoms with E-state index in [0.29, 0.717) is 30.8 Å². The molecule has 1 atom stereocenters. The van der Waals surface area contributed by atoms with E-state index in [-0.39, 0.29) is 17.3 Å². The maximum absolute atomic E-state index is 12.9. The molecule has 2 aromatic rings. The lowest BCUT2D eigenvalue weighted by atomic mass is 10.2. The van der Waals surface area contributed by atoms with Crippen LogP contribution in [0.15, 0.2) is 9.59 Å². The summed E-state index contributed by atoms with van der Waals surface area (Å²) in [5.41, 5.74) is 0.649. The van der Waals surface area contributed by atoms with Crippen LogP contribution in [-0.2, 0) is 13.1 Å². The van der Waals surface area contributed by atoms with Gasteiger partial charge in [-0.3, -0.25) is 13.9 Å². The first-order chi connectivity index (χ1) is 10.6. The van der Waals surface area contributed by atoms with Crippen molar-refractivity contribution in [2.24, 2.45) is 0 Å². The second-order valence-electron chi connectivity index (χ2n) is 5.83. The molecule has 0 spiro atoms. The van der Waals surface area contributed by atoms with Gasteiger partial charge in [-0.05, 0) is 33.2 Å². The van der Waals surface area contributed by atoms with E-state index in [4.69, 9.17) is 0 Å². The first-order valence-electron chi connectivity index (χ1n) is 8.03. The monoisotopic (exact) mass is 305 g/mol. The third kappa shape index (κ3) is 2.11. The third-order valence-electron chi connectivity index (χ3n) is 4.42. The molecule has 0 radical (unpaired) electrons. The van der Waals surface area contributed by atoms with Crippen molar-refractivity contribution < 1.29 is 0 Å². The van der Waals surface area contributed by atoms with Gasteiger partial charge >= 0.3 is 5.69 Å². The molecule has 1 aliphatic heterocycles. The van der Waals surface area contributed by atoms with Gasteiger partial charge in [-0.2, -0.15) is 0 Å². The van der Waals surface area contributed by atoms with Gasteiger partial charge in [0.1, 0.15) is 5.82 Å². The van der Waals surface area contributed by atoms with Crippen molar-refractivity contribution >= 4 is 11.2 Å². The highest BCUT2D eigenvalue weighted by atomic mass is 16.2. The molecular formula is C15H23N5O2. The topological polar surface area (TPSA) is 73.8 Å². The van der Waals surface area contributed by atoms with Gasteiger partial charge in [0.2, 0.25) is 0 Å². The van der Waals surface area contributed by atoms with E-state index >= 15 is 0 Å². The molecule has 2 aromatic heterocycles. The van der Waals surface area contributed by atoms with Crippen LogP contribution >= 0.6 is 0 Å². The Labute approximate surface area is 128 Å². The Hall–Kier alpha value is -1.89. The Bertz CT molecular complexity index is 808. The number of hydrogen-bond acceptors (Lipinski definition) is 4. The Morgan fingerprint density at radius 3 is 2.64 bits per heavy atom. The van der Waals surface area contributed by atoms with E-state index in [1.165, 1.54) is 4.57 Å². The minimum Gasteiger partial charge on any atom is -0.323 e. The van der Waals surface area contributed by atoms with Crippen LogP contribution in [0.25, 0.3) is 11.2 Å². The van der Waals surface area contributed by atoms with Gasteiger partial charge in [-0.15, -0.1) is 0 Å². The molecule has 3 rings (SSSR count). The van der Waals surface area contributed by atoms with Crippen molar-refractivity contribution in [1.82, 2.24) is 24.0 Å². The molecule has 22 heavy (non-hydrogen) atoms. The molecule has 7 heteroatoms. The zero-order chi connectivity index (χ0) is 15.9. The number of imidazole rings is 1. The quantitative estimate of drug-likeness (QED) is 0.899. The molecule has 120 valence electrons. The van der Waals surface area contributed by atoms with E-state index in [1.54, 1.807) is 4.57 Å². The van der Waals surface area contributed by atoms with Gasteiger partial charge in [-0.1, -0.05) is 6.92 Å². The van der Waals surface area contributed by atoms with Crippen LogP contribution in [-0.4, -0.2) is 31.8 Å². The zero-order valence-corrected chi connectivity index (χ0v) is 13.4. The summed E-state index contributed by atoms with van der Waals surface area (Å²) >= 11 is 0. The number of hydrogen-bond donors (Lipinski definition) is 1. The molecule has 3 heterocycles. The largest absolute Gasteiger partial charge is 0.333 e. The van der Waals surface area contributed by atoms with Gasteiger partial charge in [0.05, 0.1) is 6.04 Å². The predicted octanol–water partition coefficient (Wildman–Crippen LogP) is 0.632. The Morgan fingerprint density at radius 1 is 1.27 bits per heavy atom. The van der Waals surface area contributed by atoms with Crippen LogP contribution in [0.1, 0.15) is 38.6 Å². The molecule has 1 fully saturated rings. The average molecular weight is 305 g/mol. The van der Waals surface area contributed by atoms with Crippen molar-refractivity contribution in [2.45, 2.75) is 52.7 Å². The van der Waals surface area contributed by atoms with E-state index in [2.05, 4.69) is 10.3 Å². The van der Waals surface area contributed by atoms with Crippen LogP contribution < -0.4 is 16.6 Å². The van der Waals surface area contributed by atoms with Crippen molar-refractivity contribution in [3.8, 4) is 0 Å². The summed E-state index contributed by atoms with van der Waals surface area (Å²) in [5, 5.41) is 3.23. The summed E-state index contributed by atoms with van der Waals surface area (Å²) in [7, 11) is 0. The smallest absolute Gasteiger partial charge is 0.323 e. The summed E-state index contributed by atoms with van der Waals surface area (Å²) in [6.07, 6.45) is 1.64. The van der Waals surface area contributed by atoms with Crippen LogP contribution in [0, 0.1) is 6.92 Å². The van der Waals surface area contributed by atoms with Crippen LogP contribution in [0.5, 0.6) is 0 Å². The highest BCUT2D eigenvalue weighted by Gasteiger charge is 2.25. The Morgan fingerprint density at radius 2 is 2.05 bits per heavy atom. The van der Waals surface area contributed by atoms with Gasteiger partial charge in [0, 0.05) is 19.6 Å². The minimum atomic E-state index is -0.228. The lowest BCUT2D eigenvalue weighted by Crippen LogP contribution is -2.43. The summed E-state index contributed by atoms with van der Waals surface area (Å²) < 4.78 is 5.00. The summed E-state index contributed by atoms with van der Waals surface area (Å²) in [6, 6.07) is -0.0620. The minimum absolute atomic E-state index is 0.0620. The highest BCUT2D eigenvalue weighted by Crippen LogP contribution is 2.15. The third-order valence-corrected chi connectivity index (χ3v) is 4.42. The molecule has 1 saturated heterocycles. The zero-order valence-electron chi connectivity index (χ0n) is 13.4. The van der Waals surface area contributed by atoms with Crippen LogP contribution in [0.2, 0.25) is 0 Å². The molecule has 0 aromatic carbocycles. The molecule has 1 N–H and O–H groups in total. The van der Waals surface area contributed by atoms with Crippen LogP contribution in [0.3, 0.4) is 0 Å². The Kier molecular flexibility index (Phi) is 3.90. The van der Waals surface area contributed by atoms with Crippen molar-refractivity contribution in [3.05, 3.63) is 26.7 Å². The lowest BCUT2D eigenvalue weighted by molar-refractivity contribution is 0.477.